The van der Waals surface area contributed by atoms with Gasteiger partial charge in [0.25, 0.3) is 0 Å². The number of ether oxygens (including phenoxy) is 1. The summed E-state index contributed by atoms with van der Waals surface area (Å²) in [5, 5.41) is 3.23. The highest BCUT2D eigenvalue weighted by Gasteiger charge is 2.11. The molecule has 1 aromatic rings. The van der Waals surface area contributed by atoms with E-state index < -0.39 is 5.97 Å². The second-order valence-electron chi connectivity index (χ2n) is 4.57. The lowest BCUT2D eigenvalue weighted by atomic mass is 10.3. The van der Waals surface area contributed by atoms with Gasteiger partial charge in [0.1, 0.15) is 5.82 Å². The number of esters is 1. The third-order valence-electron chi connectivity index (χ3n) is 2.94. The van der Waals surface area contributed by atoms with Crippen molar-refractivity contribution in [2.24, 2.45) is 0 Å². The fourth-order valence-corrected chi connectivity index (χ4v) is 1.93. The molecule has 0 amide bonds. The van der Waals surface area contributed by atoms with Crippen LogP contribution in [0.1, 0.15) is 36.6 Å². The lowest BCUT2D eigenvalue weighted by Crippen LogP contribution is -2.29. The molecule has 0 aromatic carbocycles. The predicted molar refractivity (Wildman–Crippen MR) is 79.0 cm³/mol. The normalized spacial score (nSPS) is 10.7. The Morgan fingerprint density at radius 2 is 2.10 bits per heavy atom. The van der Waals surface area contributed by atoms with Crippen LogP contribution in [0, 0.1) is 6.92 Å². The van der Waals surface area contributed by atoms with Crippen molar-refractivity contribution < 1.29 is 9.53 Å². The minimum absolute atomic E-state index is 0.0934. The number of nitrogens with zero attached hydrogens (tertiary/aromatic N) is 3. The second kappa shape index (κ2) is 8.47. The number of likely N-dealkylation sites (N-methyl/N-ethyl adjacent to an activating group) is 1. The molecule has 0 radical (unpaired) electrons. The van der Waals surface area contributed by atoms with E-state index in [9.17, 15) is 4.79 Å². The molecule has 1 rings (SSSR count). The summed E-state index contributed by atoms with van der Waals surface area (Å²) in [7, 11) is 1.32. The molecule has 0 spiro atoms. The fourth-order valence-electron chi connectivity index (χ4n) is 1.93. The van der Waals surface area contributed by atoms with Crippen molar-refractivity contribution in [1.82, 2.24) is 14.9 Å². The van der Waals surface area contributed by atoms with Crippen molar-refractivity contribution in [3.8, 4) is 0 Å². The number of rotatable bonds is 8. The molecule has 112 valence electrons. The van der Waals surface area contributed by atoms with E-state index in [4.69, 9.17) is 0 Å². The zero-order valence-corrected chi connectivity index (χ0v) is 12.8. The van der Waals surface area contributed by atoms with Crippen molar-refractivity contribution >= 4 is 11.8 Å². The number of carbonyl (C=O) groups is 1. The molecule has 0 aliphatic heterocycles. The van der Waals surface area contributed by atoms with E-state index in [1.165, 1.54) is 7.11 Å². The van der Waals surface area contributed by atoms with Gasteiger partial charge in [0.2, 0.25) is 5.82 Å². The molecule has 20 heavy (non-hydrogen) atoms. The Balaban J connectivity index is 2.59. The lowest BCUT2D eigenvalue weighted by Gasteiger charge is -2.19. The van der Waals surface area contributed by atoms with Gasteiger partial charge in [-0.2, -0.15) is 0 Å². The summed E-state index contributed by atoms with van der Waals surface area (Å²) in [6.07, 6.45) is 1.15. The molecule has 6 heteroatoms. The van der Waals surface area contributed by atoms with E-state index in [1.54, 1.807) is 0 Å². The largest absolute Gasteiger partial charge is 0.463 e. The number of aryl methyl sites for hydroxylation is 1. The first-order valence-electron chi connectivity index (χ1n) is 7.00. The van der Waals surface area contributed by atoms with E-state index in [0.717, 1.165) is 38.3 Å². The highest BCUT2D eigenvalue weighted by atomic mass is 16.5. The number of anilines is 1. The molecule has 0 atom stereocenters. The molecule has 0 bridgehead atoms. The van der Waals surface area contributed by atoms with Crippen LogP contribution in [-0.4, -0.2) is 54.1 Å². The van der Waals surface area contributed by atoms with Gasteiger partial charge in [-0.05, 0) is 26.4 Å². The van der Waals surface area contributed by atoms with Crippen LogP contribution in [0.3, 0.4) is 0 Å². The number of carbonyl (C=O) groups excluding carboxylic acids is 1. The molecule has 0 saturated carbocycles. The van der Waals surface area contributed by atoms with Gasteiger partial charge in [-0.15, -0.1) is 0 Å². The number of methoxy groups -OCH3 is 1. The second-order valence-corrected chi connectivity index (χ2v) is 4.57. The quantitative estimate of drug-likeness (QED) is 0.731. The molecule has 1 aromatic heterocycles. The summed E-state index contributed by atoms with van der Waals surface area (Å²) in [4.78, 5) is 22.0. The van der Waals surface area contributed by atoms with Gasteiger partial charge in [0.15, 0.2) is 0 Å². The highest BCUT2D eigenvalue weighted by molar-refractivity contribution is 5.85. The van der Waals surface area contributed by atoms with Crippen molar-refractivity contribution in [3.05, 3.63) is 17.6 Å². The third kappa shape index (κ3) is 5.13. The molecular formula is C14H24N4O2. The molecule has 0 aliphatic rings. The molecule has 1 N–H and O–H groups in total. The van der Waals surface area contributed by atoms with Crippen LogP contribution in [0.25, 0.3) is 0 Å². The Bertz CT molecular complexity index is 437. The van der Waals surface area contributed by atoms with Gasteiger partial charge in [0.05, 0.1) is 7.11 Å². The summed E-state index contributed by atoms with van der Waals surface area (Å²) < 4.78 is 4.64. The van der Waals surface area contributed by atoms with Crippen LogP contribution in [-0.2, 0) is 4.74 Å². The summed E-state index contributed by atoms with van der Waals surface area (Å²) in [5.41, 5.74) is 0.740. The van der Waals surface area contributed by atoms with E-state index in [0.29, 0.717) is 5.82 Å². The number of hydrogen-bond donors (Lipinski definition) is 1. The zero-order valence-electron chi connectivity index (χ0n) is 12.8. The Labute approximate surface area is 120 Å². The Hall–Kier alpha value is -1.69. The van der Waals surface area contributed by atoms with E-state index >= 15 is 0 Å². The predicted octanol–water partition coefficient (Wildman–Crippen LogP) is 1.72. The van der Waals surface area contributed by atoms with Crippen molar-refractivity contribution in [2.45, 2.75) is 27.2 Å². The maximum atomic E-state index is 11.4. The van der Waals surface area contributed by atoms with Gasteiger partial charge in [0, 0.05) is 24.8 Å². The molecule has 6 nitrogen and oxygen atoms in total. The smallest absolute Gasteiger partial charge is 0.376 e. The summed E-state index contributed by atoms with van der Waals surface area (Å²) >= 11 is 0. The summed E-state index contributed by atoms with van der Waals surface area (Å²) in [6, 6.07) is 1.82. The molecule has 1 heterocycles. The first kappa shape index (κ1) is 16.4. The SMILES string of the molecule is CCCN(CC)CCNc1cc(C)nc(C(=O)OC)n1. The number of aromatic nitrogens is 2. The van der Waals surface area contributed by atoms with Crippen molar-refractivity contribution in [3.63, 3.8) is 0 Å². The average molecular weight is 280 g/mol. The van der Waals surface area contributed by atoms with Crippen LogP contribution >= 0.6 is 0 Å². The maximum Gasteiger partial charge on any atom is 0.376 e. The first-order chi connectivity index (χ1) is 9.60. The van der Waals surface area contributed by atoms with Gasteiger partial charge >= 0.3 is 5.97 Å². The van der Waals surface area contributed by atoms with E-state index in [1.807, 2.05) is 13.0 Å². The minimum atomic E-state index is -0.516. The van der Waals surface area contributed by atoms with Crippen LogP contribution in [0.2, 0.25) is 0 Å². The fraction of sp³-hybridized carbons (Fsp3) is 0.643. The van der Waals surface area contributed by atoms with Gasteiger partial charge in [-0.3, -0.25) is 0 Å². The number of nitrogens with one attached hydrogen (secondary N) is 1. The Kier molecular flexibility index (Phi) is 6.93. The van der Waals surface area contributed by atoms with Gasteiger partial charge < -0.3 is 15.0 Å². The molecular weight excluding hydrogens is 256 g/mol. The molecule has 0 unspecified atom stereocenters. The number of hydrogen-bond acceptors (Lipinski definition) is 6. The topological polar surface area (TPSA) is 67.4 Å². The van der Waals surface area contributed by atoms with Crippen LogP contribution in [0.5, 0.6) is 0 Å². The molecule has 0 aliphatic carbocycles. The average Bonchev–Trinajstić information content (AvgIpc) is 2.44. The zero-order chi connectivity index (χ0) is 15.0. The van der Waals surface area contributed by atoms with Gasteiger partial charge in [-0.25, -0.2) is 14.8 Å². The van der Waals surface area contributed by atoms with Crippen molar-refractivity contribution in [1.29, 1.82) is 0 Å². The van der Waals surface area contributed by atoms with E-state index in [-0.39, 0.29) is 5.82 Å². The van der Waals surface area contributed by atoms with Crippen LogP contribution in [0.4, 0.5) is 5.82 Å². The standard InChI is InChI=1S/C14H24N4O2/c1-5-8-18(6-2)9-7-15-12-10-11(3)16-13(17-12)14(19)20-4/h10H,5-9H2,1-4H3,(H,15,16,17). The Morgan fingerprint density at radius 3 is 2.70 bits per heavy atom. The minimum Gasteiger partial charge on any atom is -0.463 e. The molecule has 0 fully saturated rings. The maximum absolute atomic E-state index is 11.4. The van der Waals surface area contributed by atoms with Crippen LogP contribution in [0.15, 0.2) is 6.07 Å². The van der Waals surface area contributed by atoms with Crippen molar-refractivity contribution in [2.75, 3.05) is 38.6 Å². The lowest BCUT2D eigenvalue weighted by molar-refractivity contribution is 0.0586. The van der Waals surface area contributed by atoms with Gasteiger partial charge in [-0.1, -0.05) is 13.8 Å². The third-order valence-corrected chi connectivity index (χ3v) is 2.94. The summed E-state index contributed by atoms with van der Waals surface area (Å²) in [6.45, 7) is 10.0. The van der Waals surface area contributed by atoms with E-state index in [2.05, 4.69) is 38.8 Å². The van der Waals surface area contributed by atoms with Crippen LogP contribution < -0.4 is 5.32 Å². The monoisotopic (exact) mass is 280 g/mol. The first-order valence-corrected chi connectivity index (χ1v) is 7.00. The molecule has 0 saturated heterocycles. The Morgan fingerprint density at radius 1 is 1.35 bits per heavy atom. The highest BCUT2D eigenvalue weighted by Crippen LogP contribution is 2.07. The summed E-state index contributed by atoms with van der Waals surface area (Å²) in [5.74, 6) is 0.235.